The quantitative estimate of drug-likeness (QED) is 0.731. The molecular weight excluding hydrogens is 366 g/mol. The molecule has 1 aliphatic heterocycles. The van der Waals surface area contributed by atoms with Gasteiger partial charge in [0.05, 0.1) is 6.26 Å². The number of nitrogens with zero attached hydrogens (tertiary/aromatic N) is 4. The highest BCUT2D eigenvalue weighted by atomic mass is 16.3. The van der Waals surface area contributed by atoms with Gasteiger partial charge in [-0.3, -0.25) is 4.79 Å². The van der Waals surface area contributed by atoms with Crippen LogP contribution in [-0.2, 0) is 0 Å². The first kappa shape index (κ1) is 19.0. The van der Waals surface area contributed by atoms with Crippen LogP contribution in [0.5, 0.6) is 0 Å². The standard InChI is InChI=1S/C22H25N5O2/c1-15-13-16(2)20(17(3)14-15)25-22-23-7-6-19(24-22)26-8-10-27(11-9-26)21(28)18-5-4-12-29-18/h4-7,12-14H,8-11H2,1-3H3,(H,23,24,25). The van der Waals surface area contributed by atoms with Gasteiger partial charge in [0.2, 0.25) is 5.95 Å². The van der Waals surface area contributed by atoms with Crippen LogP contribution in [0, 0.1) is 20.8 Å². The molecule has 2 aromatic heterocycles. The number of benzene rings is 1. The number of anilines is 3. The second-order valence-electron chi connectivity index (χ2n) is 7.39. The number of carbonyl (C=O) groups excluding carboxylic acids is 1. The maximum atomic E-state index is 12.4. The van der Waals surface area contributed by atoms with Gasteiger partial charge >= 0.3 is 0 Å². The van der Waals surface area contributed by atoms with Crippen molar-refractivity contribution in [3.63, 3.8) is 0 Å². The molecule has 29 heavy (non-hydrogen) atoms. The van der Waals surface area contributed by atoms with Gasteiger partial charge in [0.15, 0.2) is 5.76 Å². The summed E-state index contributed by atoms with van der Waals surface area (Å²) in [6.45, 7) is 8.95. The van der Waals surface area contributed by atoms with Crippen molar-refractivity contribution in [2.75, 3.05) is 36.4 Å². The number of furan rings is 1. The largest absolute Gasteiger partial charge is 0.459 e. The monoisotopic (exact) mass is 391 g/mol. The number of carbonyl (C=O) groups is 1. The van der Waals surface area contributed by atoms with E-state index in [0.29, 0.717) is 37.9 Å². The summed E-state index contributed by atoms with van der Waals surface area (Å²) in [4.78, 5) is 25.5. The number of piperazine rings is 1. The average Bonchev–Trinajstić information content (AvgIpc) is 3.25. The van der Waals surface area contributed by atoms with E-state index >= 15 is 0 Å². The second-order valence-corrected chi connectivity index (χ2v) is 7.39. The van der Waals surface area contributed by atoms with Gasteiger partial charge in [-0.2, -0.15) is 4.98 Å². The Morgan fingerprint density at radius 1 is 1.07 bits per heavy atom. The van der Waals surface area contributed by atoms with Crippen molar-refractivity contribution in [3.05, 3.63) is 65.2 Å². The van der Waals surface area contributed by atoms with Gasteiger partial charge < -0.3 is 19.5 Å². The second kappa shape index (κ2) is 7.95. The van der Waals surface area contributed by atoms with Gasteiger partial charge in [-0.25, -0.2) is 4.98 Å². The highest BCUT2D eigenvalue weighted by Crippen LogP contribution is 2.25. The topological polar surface area (TPSA) is 74.5 Å². The lowest BCUT2D eigenvalue weighted by molar-refractivity contribution is 0.0714. The molecule has 1 aromatic carbocycles. The summed E-state index contributed by atoms with van der Waals surface area (Å²) in [5.41, 5.74) is 4.62. The van der Waals surface area contributed by atoms with E-state index in [2.05, 4.69) is 48.1 Å². The maximum Gasteiger partial charge on any atom is 0.289 e. The van der Waals surface area contributed by atoms with Crippen LogP contribution in [0.15, 0.2) is 47.2 Å². The van der Waals surface area contributed by atoms with E-state index in [9.17, 15) is 4.79 Å². The number of hydrogen-bond donors (Lipinski definition) is 1. The van der Waals surface area contributed by atoms with Crippen molar-refractivity contribution >= 4 is 23.4 Å². The summed E-state index contributed by atoms with van der Waals surface area (Å²) in [5, 5.41) is 3.37. The Morgan fingerprint density at radius 3 is 2.45 bits per heavy atom. The van der Waals surface area contributed by atoms with Crippen LogP contribution in [0.3, 0.4) is 0 Å². The SMILES string of the molecule is Cc1cc(C)c(Nc2nccc(N3CCN(C(=O)c4ccco4)CC3)n2)c(C)c1. The Labute approximate surface area is 170 Å². The normalized spacial score (nSPS) is 14.2. The molecule has 1 saturated heterocycles. The van der Waals surface area contributed by atoms with Crippen molar-refractivity contribution in [1.82, 2.24) is 14.9 Å². The van der Waals surface area contributed by atoms with Crippen molar-refractivity contribution in [2.45, 2.75) is 20.8 Å². The van der Waals surface area contributed by atoms with E-state index < -0.39 is 0 Å². The molecule has 150 valence electrons. The Bertz CT molecular complexity index is 985. The van der Waals surface area contributed by atoms with Crippen LogP contribution in [0.1, 0.15) is 27.2 Å². The van der Waals surface area contributed by atoms with Crippen LogP contribution >= 0.6 is 0 Å². The molecule has 0 spiro atoms. The molecule has 0 bridgehead atoms. The minimum Gasteiger partial charge on any atom is -0.459 e. The summed E-state index contributed by atoms with van der Waals surface area (Å²) in [6.07, 6.45) is 3.29. The van der Waals surface area contributed by atoms with Crippen molar-refractivity contribution in [2.24, 2.45) is 0 Å². The number of rotatable bonds is 4. The van der Waals surface area contributed by atoms with Crippen LogP contribution < -0.4 is 10.2 Å². The molecule has 1 amide bonds. The van der Waals surface area contributed by atoms with Crippen LogP contribution in [0.4, 0.5) is 17.5 Å². The number of aromatic nitrogens is 2. The first-order valence-corrected chi connectivity index (χ1v) is 9.77. The Hall–Kier alpha value is -3.35. The molecule has 0 aliphatic carbocycles. The lowest BCUT2D eigenvalue weighted by Crippen LogP contribution is -2.49. The third-order valence-corrected chi connectivity index (χ3v) is 5.18. The molecule has 0 saturated carbocycles. The first-order chi connectivity index (χ1) is 14.0. The van der Waals surface area contributed by atoms with Crippen LogP contribution in [-0.4, -0.2) is 47.0 Å². The van der Waals surface area contributed by atoms with Crippen LogP contribution in [0.25, 0.3) is 0 Å². The first-order valence-electron chi connectivity index (χ1n) is 9.77. The van der Waals surface area contributed by atoms with E-state index in [0.717, 1.165) is 11.5 Å². The summed E-state index contributed by atoms with van der Waals surface area (Å²) in [5.74, 6) is 1.75. The Balaban J connectivity index is 1.44. The molecule has 0 atom stereocenters. The van der Waals surface area contributed by atoms with Gasteiger partial charge in [0.25, 0.3) is 5.91 Å². The van der Waals surface area contributed by atoms with Crippen LogP contribution in [0.2, 0.25) is 0 Å². The molecule has 0 unspecified atom stereocenters. The summed E-state index contributed by atoms with van der Waals surface area (Å²) >= 11 is 0. The Morgan fingerprint density at radius 2 is 1.79 bits per heavy atom. The third-order valence-electron chi connectivity index (χ3n) is 5.18. The lowest BCUT2D eigenvalue weighted by atomic mass is 10.1. The predicted molar refractivity (Wildman–Crippen MR) is 113 cm³/mol. The summed E-state index contributed by atoms with van der Waals surface area (Å²) in [7, 11) is 0. The Kier molecular flexibility index (Phi) is 5.20. The molecule has 3 heterocycles. The smallest absolute Gasteiger partial charge is 0.289 e. The van der Waals surface area contributed by atoms with Gasteiger partial charge in [-0.15, -0.1) is 0 Å². The van der Waals surface area contributed by atoms with E-state index in [-0.39, 0.29) is 5.91 Å². The molecule has 4 rings (SSSR count). The van der Waals surface area contributed by atoms with Gasteiger partial charge in [0.1, 0.15) is 5.82 Å². The highest BCUT2D eigenvalue weighted by molar-refractivity contribution is 5.91. The zero-order valence-corrected chi connectivity index (χ0v) is 17.0. The minimum absolute atomic E-state index is 0.0648. The van der Waals surface area contributed by atoms with E-state index in [1.165, 1.54) is 23.0 Å². The van der Waals surface area contributed by atoms with E-state index in [1.807, 2.05) is 11.0 Å². The van der Waals surface area contributed by atoms with Crippen molar-refractivity contribution < 1.29 is 9.21 Å². The number of amides is 1. The fourth-order valence-corrected chi connectivity index (χ4v) is 3.77. The van der Waals surface area contributed by atoms with Crippen molar-refractivity contribution in [1.29, 1.82) is 0 Å². The third kappa shape index (κ3) is 4.08. The van der Waals surface area contributed by atoms with E-state index in [4.69, 9.17) is 9.40 Å². The molecule has 1 aliphatic rings. The molecule has 1 N–H and O–H groups in total. The fraction of sp³-hybridized carbons (Fsp3) is 0.318. The molecule has 7 nitrogen and oxygen atoms in total. The molecule has 0 radical (unpaired) electrons. The number of nitrogens with one attached hydrogen (secondary N) is 1. The maximum absolute atomic E-state index is 12.4. The fourth-order valence-electron chi connectivity index (χ4n) is 3.77. The average molecular weight is 391 g/mol. The lowest BCUT2D eigenvalue weighted by Gasteiger charge is -2.35. The zero-order chi connectivity index (χ0) is 20.4. The van der Waals surface area contributed by atoms with Gasteiger partial charge in [-0.1, -0.05) is 17.7 Å². The number of aryl methyl sites for hydroxylation is 3. The van der Waals surface area contributed by atoms with E-state index in [1.54, 1.807) is 18.3 Å². The van der Waals surface area contributed by atoms with Gasteiger partial charge in [0, 0.05) is 38.1 Å². The predicted octanol–water partition coefficient (Wildman–Crippen LogP) is 3.70. The molecule has 7 heteroatoms. The molecule has 3 aromatic rings. The minimum atomic E-state index is -0.0648. The van der Waals surface area contributed by atoms with Crippen molar-refractivity contribution in [3.8, 4) is 0 Å². The zero-order valence-electron chi connectivity index (χ0n) is 17.0. The summed E-state index contributed by atoms with van der Waals surface area (Å²) < 4.78 is 5.23. The molecular formula is C22H25N5O2. The van der Waals surface area contributed by atoms with Gasteiger partial charge in [-0.05, 0) is 50.1 Å². The molecule has 1 fully saturated rings. The number of hydrogen-bond acceptors (Lipinski definition) is 6. The summed E-state index contributed by atoms with van der Waals surface area (Å²) in [6, 6.07) is 9.63. The highest BCUT2D eigenvalue weighted by Gasteiger charge is 2.24.